The average Bonchev–Trinajstić information content (AvgIpc) is 3.13. The van der Waals surface area contributed by atoms with Crippen molar-refractivity contribution < 1.29 is 8.42 Å². The van der Waals surface area contributed by atoms with Gasteiger partial charge in [0.1, 0.15) is 5.82 Å². The van der Waals surface area contributed by atoms with Crippen LogP contribution < -0.4 is 5.32 Å². The molecule has 6 nitrogen and oxygen atoms in total. The van der Waals surface area contributed by atoms with Crippen LogP contribution in [0, 0.1) is 12.8 Å². The molecule has 0 spiro atoms. The Kier molecular flexibility index (Phi) is 5.53. The van der Waals surface area contributed by atoms with Crippen LogP contribution in [0.25, 0.3) is 11.0 Å². The molecular weight excluding hydrogens is 408 g/mol. The molecule has 1 atom stereocenters. The molecule has 0 aliphatic heterocycles. The van der Waals surface area contributed by atoms with Crippen molar-refractivity contribution in [2.75, 3.05) is 5.32 Å². The Balaban J connectivity index is 1.72. The van der Waals surface area contributed by atoms with E-state index in [0.29, 0.717) is 17.1 Å². The maximum atomic E-state index is 13.2. The summed E-state index contributed by atoms with van der Waals surface area (Å²) in [7, 11) is -3.78. The maximum Gasteiger partial charge on any atom is 0.269 e. The highest BCUT2D eigenvalue weighted by molar-refractivity contribution is 7.90. The molecule has 0 unspecified atom stereocenters. The average molecular weight is 433 g/mol. The minimum absolute atomic E-state index is 0.0231. The third-order valence-corrected chi connectivity index (χ3v) is 7.63. The van der Waals surface area contributed by atoms with Crippen LogP contribution >= 0.6 is 11.6 Å². The number of hydrogen-bond acceptors (Lipinski definition) is 5. The van der Waals surface area contributed by atoms with Crippen molar-refractivity contribution in [1.82, 2.24) is 13.9 Å². The fraction of sp³-hybridized carbons (Fsp3) is 0.429. The lowest BCUT2D eigenvalue weighted by molar-refractivity contribution is 0.328. The molecule has 0 amide bonds. The minimum atomic E-state index is -3.78. The first kappa shape index (κ1) is 20.2. The lowest BCUT2D eigenvalue weighted by Gasteiger charge is -2.28. The molecule has 2 aromatic heterocycles. The van der Waals surface area contributed by atoms with Crippen molar-refractivity contribution in [2.45, 2.75) is 56.9 Å². The summed E-state index contributed by atoms with van der Waals surface area (Å²) in [5.74, 6) is 1.15. The fourth-order valence-corrected chi connectivity index (χ4v) is 5.52. The summed E-state index contributed by atoms with van der Waals surface area (Å²) in [6.07, 6.45) is 7.70. The van der Waals surface area contributed by atoms with Gasteiger partial charge in [0, 0.05) is 12.2 Å². The molecule has 154 valence electrons. The summed E-state index contributed by atoms with van der Waals surface area (Å²) >= 11 is 6.17. The van der Waals surface area contributed by atoms with Crippen molar-refractivity contribution in [3.63, 3.8) is 0 Å². The number of anilines is 1. The van der Waals surface area contributed by atoms with E-state index in [1.807, 2.05) is 6.92 Å². The second kappa shape index (κ2) is 7.95. The number of halogens is 1. The molecule has 1 saturated carbocycles. The molecule has 1 fully saturated rings. The standard InChI is InChI=1S/C21H25ClN4O2S/c1-14-8-10-17(11-9-14)29(27,28)26-13-12-18-19(24-21(22)25-20(18)26)23-15(2)16-6-4-3-5-7-16/h8-13,15-16H,3-7H2,1-2H3,(H,23,24,25)/t15-/m0/s1. The third-order valence-electron chi connectivity index (χ3n) is 5.78. The Morgan fingerprint density at radius 2 is 1.79 bits per heavy atom. The Labute approximate surface area is 176 Å². The van der Waals surface area contributed by atoms with E-state index in [0.717, 1.165) is 5.56 Å². The van der Waals surface area contributed by atoms with Crippen molar-refractivity contribution in [3.05, 3.63) is 47.4 Å². The van der Waals surface area contributed by atoms with Crippen LogP contribution in [-0.2, 0) is 10.0 Å². The lowest BCUT2D eigenvalue weighted by Crippen LogP contribution is -2.28. The summed E-state index contributed by atoms with van der Waals surface area (Å²) < 4.78 is 27.5. The van der Waals surface area contributed by atoms with E-state index in [1.165, 1.54) is 42.3 Å². The Hall–Kier alpha value is -2.12. The summed E-state index contributed by atoms with van der Waals surface area (Å²) in [6, 6.07) is 8.71. The van der Waals surface area contributed by atoms with Crippen LogP contribution in [-0.4, -0.2) is 28.4 Å². The van der Waals surface area contributed by atoms with Gasteiger partial charge in [0.05, 0.1) is 10.3 Å². The molecule has 3 aromatic rings. The number of nitrogens with one attached hydrogen (secondary N) is 1. The Morgan fingerprint density at radius 3 is 2.48 bits per heavy atom. The number of nitrogens with zero attached hydrogens (tertiary/aromatic N) is 3. The zero-order valence-electron chi connectivity index (χ0n) is 16.6. The van der Waals surface area contributed by atoms with Gasteiger partial charge in [-0.1, -0.05) is 37.0 Å². The second-order valence-electron chi connectivity index (χ2n) is 7.84. The monoisotopic (exact) mass is 432 g/mol. The van der Waals surface area contributed by atoms with Crippen LogP contribution in [0.1, 0.15) is 44.6 Å². The van der Waals surface area contributed by atoms with Crippen molar-refractivity contribution >= 4 is 38.5 Å². The van der Waals surface area contributed by atoms with Crippen LogP contribution in [0.4, 0.5) is 5.82 Å². The van der Waals surface area contributed by atoms with Crippen molar-refractivity contribution in [2.24, 2.45) is 5.92 Å². The van der Waals surface area contributed by atoms with Gasteiger partial charge in [-0.25, -0.2) is 17.4 Å². The highest BCUT2D eigenvalue weighted by atomic mass is 35.5. The molecule has 8 heteroatoms. The van der Waals surface area contributed by atoms with E-state index < -0.39 is 10.0 Å². The molecule has 1 aliphatic carbocycles. The number of benzene rings is 1. The van der Waals surface area contributed by atoms with Crippen LogP contribution in [0.5, 0.6) is 0 Å². The van der Waals surface area contributed by atoms with E-state index >= 15 is 0 Å². The van der Waals surface area contributed by atoms with Gasteiger partial charge in [0.2, 0.25) is 5.28 Å². The van der Waals surface area contributed by atoms with Gasteiger partial charge in [0.15, 0.2) is 5.65 Å². The fourth-order valence-electron chi connectivity index (χ4n) is 4.06. The van der Waals surface area contributed by atoms with E-state index in [2.05, 4.69) is 22.2 Å². The first-order valence-corrected chi connectivity index (χ1v) is 11.8. The van der Waals surface area contributed by atoms with Crippen molar-refractivity contribution in [3.8, 4) is 0 Å². The maximum absolute atomic E-state index is 13.2. The molecule has 0 bridgehead atoms. The van der Waals surface area contributed by atoms with E-state index in [9.17, 15) is 8.42 Å². The largest absolute Gasteiger partial charge is 0.367 e. The highest BCUT2D eigenvalue weighted by Crippen LogP contribution is 2.31. The quantitative estimate of drug-likeness (QED) is 0.573. The lowest BCUT2D eigenvalue weighted by atomic mass is 9.84. The molecule has 1 N–H and O–H groups in total. The topological polar surface area (TPSA) is 76.9 Å². The number of aryl methyl sites for hydroxylation is 1. The summed E-state index contributed by atoms with van der Waals surface area (Å²) in [4.78, 5) is 8.78. The molecule has 29 heavy (non-hydrogen) atoms. The molecule has 0 saturated heterocycles. The van der Waals surface area contributed by atoms with Crippen LogP contribution in [0.2, 0.25) is 5.28 Å². The van der Waals surface area contributed by atoms with Gasteiger partial charge >= 0.3 is 0 Å². The Bertz CT molecular complexity index is 1120. The zero-order chi connectivity index (χ0) is 20.6. The molecule has 2 heterocycles. The summed E-state index contributed by atoms with van der Waals surface area (Å²) in [6.45, 7) is 4.07. The van der Waals surface area contributed by atoms with Crippen LogP contribution in [0.15, 0.2) is 41.4 Å². The van der Waals surface area contributed by atoms with E-state index in [1.54, 1.807) is 30.3 Å². The summed E-state index contributed by atoms with van der Waals surface area (Å²) in [5.41, 5.74) is 1.28. The van der Waals surface area contributed by atoms with Gasteiger partial charge in [-0.3, -0.25) is 0 Å². The van der Waals surface area contributed by atoms with Gasteiger partial charge < -0.3 is 5.32 Å². The number of rotatable bonds is 5. The van der Waals surface area contributed by atoms with Crippen LogP contribution in [0.3, 0.4) is 0 Å². The molecular formula is C21H25ClN4O2S. The molecule has 0 radical (unpaired) electrons. The third kappa shape index (κ3) is 3.98. The first-order chi connectivity index (χ1) is 13.9. The predicted octanol–water partition coefficient (Wildman–Crippen LogP) is 5.01. The SMILES string of the molecule is Cc1ccc(S(=O)(=O)n2ccc3c(N[C@@H](C)C4CCCCC4)nc(Cl)nc32)cc1. The van der Waals surface area contributed by atoms with Gasteiger partial charge in [-0.2, -0.15) is 4.98 Å². The van der Waals surface area contributed by atoms with E-state index in [-0.39, 0.29) is 21.9 Å². The van der Waals surface area contributed by atoms with Gasteiger partial charge in [0.25, 0.3) is 10.0 Å². The minimum Gasteiger partial charge on any atom is -0.367 e. The Morgan fingerprint density at radius 1 is 1.10 bits per heavy atom. The van der Waals surface area contributed by atoms with Gasteiger partial charge in [-0.05, 0) is 62.4 Å². The number of aromatic nitrogens is 3. The molecule has 4 rings (SSSR count). The molecule has 1 aliphatic rings. The first-order valence-electron chi connectivity index (χ1n) is 9.99. The summed E-state index contributed by atoms with van der Waals surface area (Å²) in [5, 5.41) is 4.13. The zero-order valence-corrected chi connectivity index (χ0v) is 18.2. The smallest absolute Gasteiger partial charge is 0.269 e. The highest BCUT2D eigenvalue weighted by Gasteiger charge is 2.24. The molecule has 1 aromatic carbocycles. The normalized spacial score (nSPS) is 16.8. The van der Waals surface area contributed by atoms with Gasteiger partial charge in [-0.15, -0.1) is 0 Å². The predicted molar refractivity (Wildman–Crippen MR) is 116 cm³/mol. The number of hydrogen-bond donors (Lipinski definition) is 1. The second-order valence-corrected chi connectivity index (χ2v) is 9.99. The van der Waals surface area contributed by atoms with E-state index in [4.69, 9.17) is 11.6 Å². The number of fused-ring (bicyclic) bond motifs is 1. The van der Waals surface area contributed by atoms with Crippen molar-refractivity contribution in [1.29, 1.82) is 0 Å².